The zero-order chi connectivity index (χ0) is 52.3. The predicted molar refractivity (Wildman–Crippen MR) is 248 cm³/mol. The van der Waals surface area contributed by atoms with Crippen LogP contribution in [-0.2, 0) is 60.7 Å². The van der Waals surface area contributed by atoms with Crippen LogP contribution in [0.2, 0.25) is 0 Å². The van der Waals surface area contributed by atoms with E-state index in [0.717, 1.165) is 25.1 Å². The number of azo groups is 2. The smallest absolute Gasteiger partial charge is 0.295 e. The molecule has 1 heterocycles. The molecule has 6 rings (SSSR count). The summed E-state index contributed by atoms with van der Waals surface area (Å²) in [6.07, 6.45) is -0.187. The Morgan fingerprint density at radius 3 is 1.66 bits per heavy atom. The molecule has 0 aliphatic rings. The summed E-state index contributed by atoms with van der Waals surface area (Å²) in [6, 6.07) is 17.0. The number of fused-ring (bicyclic) bond motifs is 1. The molecule has 0 saturated carbocycles. The minimum atomic E-state index is -5.30. The Morgan fingerprint density at radius 2 is 1.07 bits per heavy atom. The van der Waals surface area contributed by atoms with E-state index in [1.165, 1.54) is 54.6 Å². The first kappa shape index (κ1) is 53.6. The summed E-state index contributed by atoms with van der Waals surface area (Å²) in [5, 5.41) is 20.9. The van der Waals surface area contributed by atoms with Gasteiger partial charge in [0.05, 0.1) is 50.6 Å². The average molecular weight is 1100 g/mol. The average Bonchev–Trinajstić information content (AvgIpc) is 3.25. The van der Waals surface area contributed by atoms with Gasteiger partial charge in [0.1, 0.15) is 15.5 Å². The van der Waals surface area contributed by atoms with Crippen LogP contribution in [0.15, 0.2) is 131 Å². The molecule has 1 unspecified atom stereocenters. The van der Waals surface area contributed by atoms with Gasteiger partial charge in [-0.25, -0.2) is 0 Å². The maximum atomic E-state index is 12.3. The Hall–Kier alpha value is -6.77. The van der Waals surface area contributed by atoms with Gasteiger partial charge in [0.25, 0.3) is 60.7 Å². The van der Waals surface area contributed by atoms with Gasteiger partial charge in [0, 0.05) is 22.5 Å². The highest BCUT2D eigenvalue weighted by atomic mass is 32.2. The van der Waals surface area contributed by atoms with Crippen LogP contribution in [0.25, 0.3) is 10.8 Å². The molecule has 29 nitrogen and oxygen atoms in total. The van der Waals surface area contributed by atoms with Crippen LogP contribution in [0.5, 0.6) is 5.75 Å². The molecule has 0 aliphatic carbocycles. The zero-order valence-corrected chi connectivity index (χ0v) is 40.3. The van der Waals surface area contributed by atoms with Crippen molar-refractivity contribution >= 4 is 123 Å². The van der Waals surface area contributed by atoms with Crippen LogP contribution in [0, 0.1) is 0 Å². The molecule has 6 aromatic rings. The number of anilines is 5. The molecule has 9 N–H and O–H groups in total. The lowest BCUT2D eigenvalue weighted by atomic mass is 10.1. The standard InChI is InChI=1S/C36H34N10O19S6/c1-20(67(50,51)52)37-34-40-35(42-36(41-34)39-30-11-10-24(16-31(30)65-12-3-13-66(47,48)49)45-44-23-4-2-5-26(14-23)68(53,54)55)38-21-6-8-22(9-7-21)43-46-25-15-28-29(32(17-25)70(59,60)61)18-27(69(56,57)58)19-33(28)71(62,63)64/h2,4-11,14-20H,3,12-13H2,1H3,(H,47,48,49)(H,50,51,52)(H,53,54,55)(H,56,57,58)(H,59,60,61)(H,62,63,64)(H3,37,38,39,40,41,42). The molecule has 0 fully saturated rings. The highest BCUT2D eigenvalue weighted by molar-refractivity contribution is 7.87. The van der Waals surface area contributed by atoms with Crippen molar-refractivity contribution in [1.29, 1.82) is 0 Å². The van der Waals surface area contributed by atoms with Crippen molar-refractivity contribution in [2.45, 2.75) is 38.3 Å². The lowest BCUT2D eigenvalue weighted by Crippen LogP contribution is -2.27. The third-order valence-electron chi connectivity index (χ3n) is 9.04. The molecule has 378 valence electrons. The molecule has 0 amide bonds. The molecule has 1 aromatic heterocycles. The summed E-state index contributed by atoms with van der Waals surface area (Å²) in [7, 11) is -29.3. The van der Waals surface area contributed by atoms with Crippen molar-refractivity contribution in [3.05, 3.63) is 91.0 Å². The first-order valence-corrected chi connectivity index (χ1v) is 28.0. The van der Waals surface area contributed by atoms with E-state index >= 15 is 0 Å². The van der Waals surface area contributed by atoms with Crippen LogP contribution >= 0.6 is 0 Å². The second kappa shape index (κ2) is 20.5. The summed E-state index contributed by atoms with van der Waals surface area (Å²) >= 11 is 0. The van der Waals surface area contributed by atoms with Crippen molar-refractivity contribution in [3.63, 3.8) is 0 Å². The van der Waals surface area contributed by atoms with Crippen molar-refractivity contribution in [3.8, 4) is 5.75 Å². The second-order valence-electron chi connectivity index (χ2n) is 14.3. The summed E-state index contributed by atoms with van der Waals surface area (Å²) in [5.74, 6) is -1.69. The summed E-state index contributed by atoms with van der Waals surface area (Å²) in [5.41, 5.74) is 0.0728. The molecular weight excluding hydrogens is 1070 g/mol. The molecular formula is C36H34N10O19S6. The highest BCUT2D eigenvalue weighted by Gasteiger charge is 2.26. The van der Waals surface area contributed by atoms with Crippen molar-refractivity contribution in [2.24, 2.45) is 20.5 Å². The monoisotopic (exact) mass is 1100 g/mol. The molecule has 35 heteroatoms. The number of nitrogens with zero attached hydrogens (tertiary/aromatic N) is 7. The number of hydrogen-bond acceptors (Lipinski definition) is 23. The van der Waals surface area contributed by atoms with E-state index in [4.69, 9.17) is 4.74 Å². The number of rotatable bonds is 20. The number of ether oxygens (including phenoxy) is 1. The van der Waals surface area contributed by atoms with Crippen LogP contribution in [-0.4, -0.2) is 111 Å². The van der Waals surface area contributed by atoms with Crippen LogP contribution in [0.3, 0.4) is 0 Å². The SMILES string of the molecule is CC(Nc1nc(Nc2ccc(N=Nc3cc(S(=O)(=O)O)c4cc(S(=O)(=O)O)cc(S(=O)(=O)O)c4c3)cc2)nc(Nc2ccc(N=Nc3cccc(S(=O)(=O)O)c3)cc2OCCCS(=O)(=O)O)n1)S(=O)(=O)O. The van der Waals surface area contributed by atoms with Gasteiger partial charge in [-0.3, -0.25) is 27.3 Å². The molecule has 0 radical (unpaired) electrons. The van der Waals surface area contributed by atoms with Gasteiger partial charge in [-0.05, 0) is 92.2 Å². The van der Waals surface area contributed by atoms with E-state index in [1.807, 2.05) is 0 Å². The molecule has 0 bridgehead atoms. The van der Waals surface area contributed by atoms with Crippen molar-refractivity contribution in [1.82, 2.24) is 15.0 Å². The first-order valence-electron chi connectivity index (χ1n) is 19.1. The quantitative estimate of drug-likeness (QED) is 0.0254. The largest absolute Gasteiger partial charge is 0.491 e. The molecule has 1 atom stereocenters. The maximum Gasteiger partial charge on any atom is 0.295 e. The third kappa shape index (κ3) is 14.9. The lowest BCUT2D eigenvalue weighted by molar-refractivity contribution is 0.317. The van der Waals surface area contributed by atoms with Gasteiger partial charge >= 0.3 is 0 Å². The number of nitrogens with one attached hydrogen (secondary N) is 3. The topological polar surface area (TPSA) is 460 Å². The lowest BCUT2D eigenvalue weighted by Gasteiger charge is -2.16. The number of hydrogen-bond donors (Lipinski definition) is 9. The fourth-order valence-corrected chi connectivity index (χ4v) is 9.12. The normalized spacial score (nSPS) is 13.4. The van der Waals surface area contributed by atoms with E-state index in [0.29, 0.717) is 18.2 Å². The fraction of sp³-hybridized carbons (Fsp3) is 0.139. The van der Waals surface area contributed by atoms with E-state index < -0.39 is 114 Å². The van der Waals surface area contributed by atoms with E-state index in [9.17, 15) is 77.8 Å². The Morgan fingerprint density at radius 1 is 0.535 bits per heavy atom. The Balaban J connectivity index is 1.31. The van der Waals surface area contributed by atoms with E-state index in [2.05, 4.69) is 51.4 Å². The minimum Gasteiger partial charge on any atom is -0.491 e. The van der Waals surface area contributed by atoms with Crippen molar-refractivity contribution in [2.75, 3.05) is 28.3 Å². The third-order valence-corrected chi connectivity index (χ3v) is 14.3. The van der Waals surface area contributed by atoms with E-state index in [-0.39, 0.29) is 59.1 Å². The second-order valence-corrected chi connectivity index (χ2v) is 23.3. The maximum absolute atomic E-state index is 12.3. The molecule has 0 spiro atoms. The fourth-order valence-electron chi connectivity index (χ4n) is 5.82. The molecule has 0 saturated heterocycles. The molecule has 0 aliphatic heterocycles. The predicted octanol–water partition coefficient (Wildman–Crippen LogP) is 5.63. The minimum absolute atomic E-state index is 0.0290. The first-order chi connectivity index (χ1) is 32.8. The summed E-state index contributed by atoms with van der Waals surface area (Å²) in [4.78, 5) is 8.79. The zero-order valence-electron chi connectivity index (χ0n) is 35.4. The number of benzene rings is 5. The van der Waals surface area contributed by atoms with E-state index in [1.54, 1.807) is 0 Å². The highest BCUT2D eigenvalue weighted by Crippen LogP contribution is 2.37. The van der Waals surface area contributed by atoms with Crippen molar-refractivity contribution < 1.29 is 82.6 Å². The van der Waals surface area contributed by atoms with Crippen LogP contribution in [0.1, 0.15) is 13.3 Å². The Kier molecular flexibility index (Phi) is 15.5. The van der Waals surface area contributed by atoms with Gasteiger partial charge < -0.3 is 20.7 Å². The molecule has 71 heavy (non-hydrogen) atoms. The van der Waals surface area contributed by atoms with Gasteiger partial charge in [0.15, 0.2) is 5.37 Å². The van der Waals surface area contributed by atoms with Crippen LogP contribution in [0.4, 0.5) is 52.0 Å². The Bertz CT molecular complexity index is 3830. The van der Waals surface area contributed by atoms with Gasteiger partial charge in [-0.15, -0.1) is 0 Å². The number of aromatic nitrogens is 3. The van der Waals surface area contributed by atoms with Gasteiger partial charge in [0.2, 0.25) is 17.8 Å². The van der Waals surface area contributed by atoms with Crippen LogP contribution < -0.4 is 20.7 Å². The summed E-state index contributed by atoms with van der Waals surface area (Å²) < 4.78 is 206. The van der Waals surface area contributed by atoms with Gasteiger partial charge in [-0.1, -0.05) is 6.07 Å². The van der Waals surface area contributed by atoms with Gasteiger partial charge in [-0.2, -0.15) is 85.9 Å². The summed E-state index contributed by atoms with van der Waals surface area (Å²) in [6.45, 7) is 0.791. The molecule has 5 aromatic carbocycles. The Labute approximate surface area is 402 Å².